The molecule has 1 aromatic heterocycles. The van der Waals surface area contributed by atoms with Crippen molar-refractivity contribution in [2.75, 3.05) is 33.4 Å². The molecule has 1 atom stereocenters. The number of piperidine rings is 1. The molecule has 2 N–H and O–H groups in total. The summed E-state index contributed by atoms with van der Waals surface area (Å²) in [5.41, 5.74) is 2.89. The Morgan fingerprint density at radius 2 is 1.67 bits per heavy atom. The van der Waals surface area contributed by atoms with E-state index in [1.54, 1.807) is 6.07 Å². The third-order valence-electron chi connectivity index (χ3n) is 7.63. The highest BCUT2D eigenvalue weighted by Gasteiger charge is 2.26. The summed E-state index contributed by atoms with van der Waals surface area (Å²) in [6.07, 6.45) is 1.95. The number of aromatic amines is 1. The summed E-state index contributed by atoms with van der Waals surface area (Å²) in [5.74, 6) is -0.508. The van der Waals surface area contributed by atoms with Gasteiger partial charge in [0.05, 0.1) is 13.7 Å². The number of rotatable bonds is 11. The molecule has 0 bridgehead atoms. The lowest BCUT2D eigenvalue weighted by Crippen LogP contribution is -2.47. The number of methoxy groups -OCH3 is 1. The van der Waals surface area contributed by atoms with Gasteiger partial charge in [0.25, 0.3) is 0 Å². The van der Waals surface area contributed by atoms with Crippen LogP contribution in [0.3, 0.4) is 0 Å². The number of ether oxygens (including phenoxy) is 3. The average Bonchev–Trinajstić information content (AvgIpc) is 3.38. The Labute approximate surface area is 244 Å². The van der Waals surface area contributed by atoms with Crippen molar-refractivity contribution in [2.24, 2.45) is 5.92 Å². The van der Waals surface area contributed by atoms with Crippen molar-refractivity contribution in [1.82, 2.24) is 15.2 Å². The van der Waals surface area contributed by atoms with Gasteiger partial charge in [-0.1, -0.05) is 60.7 Å². The molecule has 8 nitrogen and oxygen atoms in total. The average molecular weight is 574 g/mol. The van der Waals surface area contributed by atoms with Gasteiger partial charge in [-0.3, -0.25) is 0 Å². The van der Waals surface area contributed by atoms with Crippen molar-refractivity contribution >= 4 is 23.0 Å². The standard InChI is InChI=1S/C33H36FN3O5/c1-40-31-30(28-19-26(34)12-13-29(28)36-31)32(38)41-21-25-14-16-37(17-15-25)20-27(18-23-8-4-2-5-9-23)35-33(39)42-22-24-10-6-3-7-11-24/h2-13,19,25,27,36H,14-18,20-22H2,1H3,(H,35,39)/t27-/m1/s1. The van der Waals surface area contributed by atoms with Gasteiger partial charge in [-0.05, 0) is 67.6 Å². The van der Waals surface area contributed by atoms with E-state index in [2.05, 4.69) is 27.3 Å². The minimum Gasteiger partial charge on any atom is -0.482 e. The fraction of sp³-hybridized carbons (Fsp3) is 0.333. The number of carbonyl (C=O) groups is 2. The van der Waals surface area contributed by atoms with Crippen LogP contribution in [0.15, 0.2) is 78.9 Å². The highest BCUT2D eigenvalue weighted by Crippen LogP contribution is 2.30. The number of alkyl carbamates (subject to hydrolysis) is 1. The van der Waals surface area contributed by atoms with Gasteiger partial charge >= 0.3 is 12.1 Å². The number of nitrogens with zero attached hydrogens (tertiary/aromatic N) is 1. The lowest BCUT2D eigenvalue weighted by molar-refractivity contribution is 0.0367. The molecule has 0 unspecified atom stereocenters. The first kappa shape index (κ1) is 29.1. The first-order chi connectivity index (χ1) is 20.5. The van der Waals surface area contributed by atoms with Crippen LogP contribution in [0.1, 0.15) is 34.3 Å². The number of hydrogen-bond donors (Lipinski definition) is 2. The smallest absolute Gasteiger partial charge is 0.407 e. The molecule has 4 aromatic rings. The summed E-state index contributed by atoms with van der Waals surface area (Å²) in [5, 5.41) is 3.50. The Morgan fingerprint density at radius 3 is 2.36 bits per heavy atom. The molecule has 1 fully saturated rings. The summed E-state index contributed by atoms with van der Waals surface area (Å²) < 4.78 is 30.3. The molecule has 42 heavy (non-hydrogen) atoms. The van der Waals surface area contributed by atoms with Crippen LogP contribution < -0.4 is 10.1 Å². The predicted molar refractivity (Wildman–Crippen MR) is 158 cm³/mol. The number of esters is 1. The van der Waals surface area contributed by atoms with E-state index in [4.69, 9.17) is 14.2 Å². The number of aromatic nitrogens is 1. The largest absolute Gasteiger partial charge is 0.482 e. The number of nitrogens with one attached hydrogen (secondary N) is 2. The van der Waals surface area contributed by atoms with Gasteiger partial charge < -0.3 is 29.4 Å². The third-order valence-corrected chi connectivity index (χ3v) is 7.63. The third kappa shape index (κ3) is 7.67. The van der Waals surface area contributed by atoms with Gasteiger partial charge in [-0.2, -0.15) is 0 Å². The van der Waals surface area contributed by atoms with Crippen LogP contribution in [-0.4, -0.2) is 61.3 Å². The van der Waals surface area contributed by atoms with Crippen LogP contribution in [0, 0.1) is 11.7 Å². The van der Waals surface area contributed by atoms with Crippen LogP contribution >= 0.6 is 0 Å². The van der Waals surface area contributed by atoms with Gasteiger partial charge in [0, 0.05) is 23.5 Å². The monoisotopic (exact) mass is 573 g/mol. The molecule has 220 valence electrons. The Morgan fingerprint density at radius 1 is 0.976 bits per heavy atom. The molecular formula is C33H36FN3O5. The molecule has 0 aliphatic carbocycles. The molecule has 1 aliphatic heterocycles. The first-order valence-corrected chi connectivity index (χ1v) is 14.2. The zero-order chi connectivity index (χ0) is 29.3. The maximum absolute atomic E-state index is 13.9. The summed E-state index contributed by atoms with van der Waals surface area (Å²) in [4.78, 5) is 31.0. The maximum Gasteiger partial charge on any atom is 0.407 e. The Kier molecular flexibility index (Phi) is 9.71. The number of H-pyrrole nitrogens is 1. The topological polar surface area (TPSA) is 92.9 Å². The van der Waals surface area contributed by atoms with Crippen molar-refractivity contribution in [2.45, 2.75) is 31.9 Å². The van der Waals surface area contributed by atoms with Crippen molar-refractivity contribution < 1.29 is 28.2 Å². The van der Waals surface area contributed by atoms with E-state index in [1.165, 1.54) is 19.2 Å². The van der Waals surface area contributed by atoms with Crippen LogP contribution in [0.5, 0.6) is 5.88 Å². The van der Waals surface area contributed by atoms with Crippen molar-refractivity contribution in [3.05, 3.63) is 101 Å². The molecular weight excluding hydrogens is 537 g/mol. The molecule has 1 saturated heterocycles. The molecule has 2 heterocycles. The maximum atomic E-state index is 13.9. The Hall–Kier alpha value is -4.37. The van der Waals surface area contributed by atoms with E-state index in [0.29, 0.717) is 23.9 Å². The second kappa shape index (κ2) is 14.0. The fourth-order valence-electron chi connectivity index (χ4n) is 5.40. The van der Waals surface area contributed by atoms with E-state index in [1.807, 2.05) is 48.5 Å². The number of halogens is 1. The Balaban J connectivity index is 1.13. The molecule has 0 saturated carbocycles. The summed E-state index contributed by atoms with van der Waals surface area (Å²) in [7, 11) is 1.45. The molecule has 5 rings (SSSR count). The van der Waals surface area contributed by atoms with Crippen LogP contribution in [0.4, 0.5) is 9.18 Å². The van der Waals surface area contributed by atoms with E-state index in [0.717, 1.165) is 37.1 Å². The van der Waals surface area contributed by atoms with Gasteiger partial charge in [0.15, 0.2) is 0 Å². The first-order valence-electron chi connectivity index (χ1n) is 14.2. The molecule has 3 aromatic carbocycles. The minimum atomic E-state index is -0.535. The number of amides is 1. The summed E-state index contributed by atoms with van der Waals surface area (Å²) in [6, 6.07) is 23.8. The van der Waals surface area contributed by atoms with E-state index in [-0.39, 0.29) is 36.6 Å². The van der Waals surface area contributed by atoms with Gasteiger partial charge in [0.1, 0.15) is 18.0 Å². The second-order valence-electron chi connectivity index (χ2n) is 10.7. The number of carbonyl (C=O) groups excluding carboxylic acids is 2. The van der Waals surface area contributed by atoms with Crippen LogP contribution in [0.2, 0.25) is 0 Å². The van der Waals surface area contributed by atoms with E-state index in [9.17, 15) is 14.0 Å². The normalized spacial score (nSPS) is 14.8. The minimum absolute atomic E-state index is 0.125. The van der Waals surface area contributed by atoms with Crippen LogP contribution in [0.25, 0.3) is 10.9 Å². The quantitative estimate of drug-likeness (QED) is 0.223. The number of fused-ring (bicyclic) bond motifs is 1. The zero-order valence-corrected chi connectivity index (χ0v) is 23.7. The summed E-state index contributed by atoms with van der Waals surface area (Å²) >= 11 is 0. The van der Waals surface area contributed by atoms with Crippen molar-refractivity contribution in [1.29, 1.82) is 0 Å². The Bertz CT molecular complexity index is 1470. The van der Waals surface area contributed by atoms with Gasteiger partial charge in [-0.15, -0.1) is 0 Å². The number of hydrogen-bond acceptors (Lipinski definition) is 6. The molecule has 0 spiro atoms. The highest BCUT2D eigenvalue weighted by molar-refractivity contribution is 6.06. The number of likely N-dealkylation sites (tertiary alicyclic amines) is 1. The lowest BCUT2D eigenvalue weighted by Gasteiger charge is -2.34. The molecule has 0 radical (unpaired) electrons. The SMILES string of the molecule is COc1[nH]c2ccc(F)cc2c1C(=O)OCC1CCN(C[C@@H](Cc2ccccc2)NC(=O)OCc2ccccc2)CC1. The van der Waals surface area contributed by atoms with Crippen LogP contribution in [-0.2, 0) is 22.5 Å². The molecule has 9 heteroatoms. The van der Waals surface area contributed by atoms with Gasteiger partial charge in [-0.25, -0.2) is 14.0 Å². The molecule has 1 aliphatic rings. The predicted octanol–water partition coefficient (Wildman–Crippen LogP) is 5.72. The lowest BCUT2D eigenvalue weighted by atomic mass is 9.96. The number of benzene rings is 3. The van der Waals surface area contributed by atoms with Crippen molar-refractivity contribution in [3.63, 3.8) is 0 Å². The van der Waals surface area contributed by atoms with E-state index >= 15 is 0 Å². The second-order valence-corrected chi connectivity index (χ2v) is 10.7. The fourth-order valence-corrected chi connectivity index (χ4v) is 5.40. The highest BCUT2D eigenvalue weighted by atomic mass is 19.1. The van der Waals surface area contributed by atoms with Gasteiger partial charge in [0.2, 0.25) is 5.88 Å². The molecule has 1 amide bonds. The van der Waals surface area contributed by atoms with Crippen molar-refractivity contribution in [3.8, 4) is 5.88 Å². The van der Waals surface area contributed by atoms with E-state index < -0.39 is 17.9 Å². The summed E-state index contributed by atoms with van der Waals surface area (Å²) in [6.45, 7) is 2.80. The zero-order valence-electron chi connectivity index (χ0n) is 23.7.